The molecular formula is C15H20Cl2N4OS2. The number of nitrogens with zero attached hydrogens (tertiary/aromatic N) is 2. The molecule has 0 aromatic carbocycles. The molecule has 2 atom stereocenters. The Morgan fingerprint density at radius 1 is 1.33 bits per heavy atom. The number of carbonyl (C=O) groups excluding carboxylic acids is 1. The average molecular weight is 407 g/mol. The fourth-order valence-corrected chi connectivity index (χ4v) is 4.21. The number of hydrogen-bond donors (Lipinski definition) is 2. The Morgan fingerprint density at radius 2 is 2.12 bits per heavy atom. The van der Waals surface area contributed by atoms with E-state index in [1.807, 2.05) is 18.4 Å². The second-order valence-electron chi connectivity index (χ2n) is 6.12. The molecule has 0 saturated heterocycles. The number of thiophene rings is 1. The van der Waals surface area contributed by atoms with Crippen molar-refractivity contribution >= 4 is 58.5 Å². The predicted molar refractivity (Wildman–Crippen MR) is 103 cm³/mol. The van der Waals surface area contributed by atoms with Gasteiger partial charge in [-0.25, -0.2) is 0 Å². The van der Waals surface area contributed by atoms with Crippen LogP contribution in [0.3, 0.4) is 0 Å². The van der Waals surface area contributed by atoms with Crippen molar-refractivity contribution in [2.75, 3.05) is 11.9 Å². The number of carbonyl (C=O) groups is 1. The molecule has 0 radical (unpaired) electrons. The van der Waals surface area contributed by atoms with Gasteiger partial charge >= 0.3 is 0 Å². The first-order valence-electron chi connectivity index (χ1n) is 7.62. The number of aromatic nitrogens is 2. The average Bonchev–Trinajstić information content (AvgIpc) is 3.38. The smallest absolute Gasteiger partial charge is 0.258 e. The molecule has 0 spiro atoms. The number of hydrogen-bond acceptors (Lipinski definition) is 6. The molecule has 132 valence electrons. The van der Waals surface area contributed by atoms with Gasteiger partial charge in [-0.15, -0.1) is 46.3 Å². The lowest BCUT2D eigenvalue weighted by Crippen LogP contribution is -2.20. The number of anilines is 1. The van der Waals surface area contributed by atoms with Gasteiger partial charge in [0.2, 0.25) is 5.13 Å². The van der Waals surface area contributed by atoms with Crippen LogP contribution in [0.2, 0.25) is 0 Å². The molecule has 2 aliphatic carbocycles. The van der Waals surface area contributed by atoms with Crippen molar-refractivity contribution in [2.45, 2.75) is 38.1 Å². The summed E-state index contributed by atoms with van der Waals surface area (Å²) in [5.74, 6) is 1.41. The highest BCUT2D eigenvalue weighted by atomic mass is 35.5. The van der Waals surface area contributed by atoms with Gasteiger partial charge < -0.3 is 5.32 Å². The Kier molecular flexibility index (Phi) is 6.61. The fraction of sp³-hybridized carbons (Fsp3) is 0.533. The van der Waals surface area contributed by atoms with Gasteiger partial charge in [-0.2, -0.15) is 0 Å². The minimum atomic E-state index is -0.0956. The minimum absolute atomic E-state index is 0. The molecule has 0 bridgehead atoms. The second kappa shape index (κ2) is 8.10. The summed E-state index contributed by atoms with van der Waals surface area (Å²) in [5, 5.41) is 17.6. The van der Waals surface area contributed by atoms with Crippen LogP contribution in [0.1, 0.15) is 45.4 Å². The maximum atomic E-state index is 12.2. The molecule has 2 N–H and O–H groups in total. The normalized spacial score (nSPS) is 21.5. The van der Waals surface area contributed by atoms with Gasteiger partial charge in [0, 0.05) is 22.2 Å². The number of rotatable bonds is 6. The Bertz CT molecular complexity index is 701. The highest BCUT2D eigenvalue weighted by molar-refractivity contribution is 7.15. The molecule has 9 heteroatoms. The van der Waals surface area contributed by atoms with Gasteiger partial charge in [0.1, 0.15) is 5.01 Å². The van der Waals surface area contributed by atoms with Gasteiger partial charge in [-0.1, -0.05) is 11.3 Å². The van der Waals surface area contributed by atoms with E-state index in [9.17, 15) is 4.79 Å². The van der Waals surface area contributed by atoms with E-state index in [1.165, 1.54) is 35.5 Å². The van der Waals surface area contributed by atoms with E-state index >= 15 is 0 Å². The third kappa shape index (κ3) is 4.67. The summed E-state index contributed by atoms with van der Waals surface area (Å²) >= 11 is 3.08. The van der Waals surface area contributed by atoms with Crippen molar-refractivity contribution < 1.29 is 4.79 Å². The number of halogens is 2. The SMILES string of the molecule is Cc1nnc(NC(=O)c2csc([C@@H]3C[C@H]3NCC3CC3)c2)s1.Cl.Cl. The largest absolute Gasteiger partial charge is 0.313 e. The molecule has 2 fully saturated rings. The highest BCUT2D eigenvalue weighted by Gasteiger charge is 2.40. The van der Waals surface area contributed by atoms with Crippen LogP contribution in [0, 0.1) is 12.8 Å². The third-order valence-electron chi connectivity index (χ3n) is 4.15. The molecule has 4 rings (SSSR count). The number of aryl methyl sites for hydroxylation is 1. The van der Waals surface area contributed by atoms with Crippen LogP contribution in [0.5, 0.6) is 0 Å². The Hall–Kier alpha value is -0.730. The molecule has 0 unspecified atom stereocenters. The molecule has 0 aliphatic heterocycles. The molecule has 24 heavy (non-hydrogen) atoms. The van der Waals surface area contributed by atoms with E-state index in [0.717, 1.165) is 23.0 Å². The zero-order valence-electron chi connectivity index (χ0n) is 13.2. The van der Waals surface area contributed by atoms with Crippen molar-refractivity contribution in [2.24, 2.45) is 5.92 Å². The first-order valence-corrected chi connectivity index (χ1v) is 9.32. The molecular weight excluding hydrogens is 387 g/mol. The Labute approximate surface area is 161 Å². The van der Waals surface area contributed by atoms with Gasteiger partial charge in [-0.3, -0.25) is 10.1 Å². The van der Waals surface area contributed by atoms with Crippen LogP contribution in [0.4, 0.5) is 5.13 Å². The summed E-state index contributed by atoms with van der Waals surface area (Å²) < 4.78 is 0. The quantitative estimate of drug-likeness (QED) is 0.763. The molecule has 2 saturated carbocycles. The summed E-state index contributed by atoms with van der Waals surface area (Å²) in [4.78, 5) is 13.5. The number of amides is 1. The van der Waals surface area contributed by atoms with E-state index in [2.05, 4.69) is 20.8 Å². The molecule has 2 heterocycles. The summed E-state index contributed by atoms with van der Waals surface area (Å²) in [6, 6.07) is 2.64. The predicted octanol–water partition coefficient (Wildman–Crippen LogP) is 3.86. The van der Waals surface area contributed by atoms with Gasteiger partial charge in [-0.05, 0) is 44.7 Å². The molecule has 1 amide bonds. The van der Waals surface area contributed by atoms with Crippen molar-refractivity contribution in [3.63, 3.8) is 0 Å². The van der Waals surface area contributed by atoms with Gasteiger partial charge in [0.05, 0.1) is 5.56 Å². The maximum Gasteiger partial charge on any atom is 0.258 e. The highest BCUT2D eigenvalue weighted by Crippen LogP contribution is 2.44. The monoisotopic (exact) mass is 406 g/mol. The zero-order chi connectivity index (χ0) is 15.1. The topological polar surface area (TPSA) is 66.9 Å². The summed E-state index contributed by atoms with van der Waals surface area (Å²) in [7, 11) is 0. The molecule has 2 aromatic heterocycles. The van der Waals surface area contributed by atoms with E-state index < -0.39 is 0 Å². The van der Waals surface area contributed by atoms with Gasteiger partial charge in [0.25, 0.3) is 5.91 Å². The maximum absolute atomic E-state index is 12.2. The minimum Gasteiger partial charge on any atom is -0.313 e. The van der Waals surface area contributed by atoms with Crippen molar-refractivity contribution in [3.8, 4) is 0 Å². The van der Waals surface area contributed by atoms with Crippen LogP contribution in [-0.4, -0.2) is 28.7 Å². The Balaban J connectivity index is 0.00000104. The third-order valence-corrected chi connectivity index (χ3v) is 5.97. The van der Waals surface area contributed by atoms with Crippen molar-refractivity contribution in [3.05, 3.63) is 26.9 Å². The zero-order valence-corrected chi connectivity index (χ0v) is 16.4. The summed E-state index contributed by atoms with van der Waals surface area (Å²) in [6.07, 6.45) is 3.97. The lowest BCUT2D eigenvalue weighted by Gasteiger charge is -2.00. The molecule has 2 aliphatic rings. The van der Waals surface area contributed by atoms with E-state index in [0.29, 0.717) is 17.1 Å². The standard InChI is InChI=1S/C15H18N4OS2.2ClH/c1-8-18-19-15(22-8)17-14(20)10-4-13(21-7-10)11-5-12(11)16-6-9-2-3-9;;/h4,7,9,11-12,16H,2-3,5-6H2,1H3,(H,17,19,20);2*1H/t11-,12-;;/m1../s1. The van der Waals surface area contributed by atoms with Crippen LogP contribution in [0.15, 0.2) is 11.4 Å². The first-order chi connectivity index (χ1) is 10.7. The molecule has 5 nitrogen and oxygen atoms in total. The van der Waals surface area contributed by atoms with Crippen molar-refractivity contribution in [1.29, 1.82) is 0 Å². The number of nitrogens with one attached hydrogen (secondary N) is 2. The van der Waals surface area contributed by atoms with E-state index in [1.54, 1.807) is 11.3 Å². The first kappa shape index (κ1) is 19.6. The van der Waals surface area contributed by atoms with E-state index in [-0.39, 0.29) is 30.7 Å². The van der Waals surface area contributed by atoms with E-state index in [4.69, 9.17) is 0 Å². The van der Waals surface area contributed by atoms with Crippen LogP contribution >= 0.6 is 47.5 Å². The van der Waals surface area contributed by atoms with Crippen LogP contribution < -0.4 is 10.6 Å². The Morgan fingerprint density at radius 3 is 2.79 bits per heavy atom. The summed E-state index contributed by atoms with van der Waals surface area (Å²) in [6.45, 7) is 3.04. The van der Waals surface area contributed by atoms with Crippen molar-refractivity contribution in [1.82, 2.24) is 15.5 Å². The van der Waals surface area contributed by atoms with Crippen LogP contribution in [-0.2, 0) is 0 Å². The summed E-state index contributed by atoms with van der Waals surface area (Å²) in [5.41, 5.74) is 0.723. The lowest BCUT2D eigenvalue weighted by molar-refractivity contribution is 0.102. The molecule has 2 aromatic rings. The van der Waals surface area contributed by atoms with Crippen LogP contribution in [0.25, 0.3) is 0 Å². The fourth-order valence-electron chi connectivity index (χ4n) is 2.56. The lowest BCUT2D eigenvalue weighted by atomic mass is 10.2. The van der Waals surface area contributed by atoms with Gasteiger partial charge in [0.15, 0.2) is 0 Å². The second-order valence-corrected chi connectivity index (χ2v) is 8.24.